The molecular weight excluding hydrogens is 534 g/mol. The van der Waals surface area contributed by atoms with Crippen LogP contribution in [-0.4, -0.2) is 72.3 Å². The van der Waals surface area contributed by atoms with Gasteiger partial charge >= 0.3 is 5.69 Å². The minimum atomic E-state index is -0.546. The Morgan fingerprint density at radius 1 is 0.833 bits per heavy atom. The summed E-state index contributed by atoms with van der Waals surface area (Å²) in [5.41, 5.74) is 1.76. The summed E-state index contributed by atoms with van der Waals surface area (Å²) in [4.78, 5) is 56.9. The number of aromatic nitrogens is 2. The molecule has 4 aromatic rings. The van der Waals surface area contributed by atoms with Crippen LogP contribution in [0.25, 0.3) is 10.9 Å². The zero-order valence-electron chi connectivity index (χ0n) is 23.7. The van der Waals surface area contributed by atoms with Gasteiger partial charge in [-0.25, -0.2) is 4.79 Å². The molecule has 0 saturated carbocycles. The number of ether oxygens (including phenoxy) is 1. The topological polar surface area (TPSA) is 106 Å². The molecule has 2 heterocycles. The highest BCUT2D eigenvalue weighted by Crippen LogP contribution is 2.16. The summed E-state index contributed by atoms with van der Waals surface area (Å²) in [6, 6.07) is 23.7. The third kappa shape index (κ3) is 6.44. The Hall–Kier alpha value is -4.70. The first-order valence-electron chi connectivity index (χ1n) is 14.1. The molecule has 5 rings (SSSR count). The Kier molecular flexibility index (Phi) is 9.13. The number of methoxy groups -OCH3 is 1. The first-order valence-corrected chi connectivity index (χ1v) is 14.1. The van der Waals surface area contributed by atoms with Gasteiger partial charge < -0.3 is 19.9 Å². The van der Waals surface area contributed by atoms with Gasteiger partial charge in [0.2, 0.25) is 5.91 Å². The van der Waals surface area contributed by atoms with Crippen molar-refractivity contribution in [2.75, 3.05) is 51.3 Å². The maximum absolute atomic E-state index is 13.7. The number of amides is 2. The number of nitrogens with zero attached hydrogens (tertiary/aromatic N) is 4. The van der Waals surface area contributed by atoms with Crippen LogP contribution in [-0.2, 0) is 22.6 Å². The van der Waals surface area contributed by atoms with Crippen molar-refractivity contribution in [3.05, 3.63) is 111 Å². The second-order valence-corrected chi connectivity index (χ2v) is 10.3. The molecule has 1 saturated heterocycles. The molecule has 0 spiro atoms. The molecule has 0 unspecified atom stereocenters. The standard InChI is InChI=1S/C32H35N5O5/c1-42-21-7-16-33-30(39)25-14-12-24(13-15-25)22-37-31(40)27-10-5-6-11-28(27)36(32(37)41)23-29(38)35-19-17-34(18-20-35)26-8-3-2-4-9-26/h2-6,8-15H,7,16-23H2,1H3,(H,33,39). The van der Waals surface area contributed by atoms with Crippen molar-refractivity contribution in [1.29, 1.82) is 0 Å². The van der Waals surface area contributed by atoms with Gasteiger partial charge in [0.25, 0.3) is 11.5 Å². The van der Waals surface area contributed by atoms with E-state index in [1.807, 2.05) is 18.2 Å². The number of hydrogen-bond donors (Lipinski definition) is 1. The second-order valence-electron chi connectivity index (χ2n) is 10.3. The van der Waals surface area contributed by atoms with E-state index in [0.717, 1.165) is 10.3 Å². The minimum absolute atomic E-state index is 0.0161. The van der Waals surface area contributed by atoms with Crippen LogP contribution < -0.4 is 21.5 Å². The minimum Gasteiger partial charge on any atom is -0.385 e. The van der Waals surface area contributed by atoms with Crippen molar-refractivity contribution in [3.8, 4) is 0 Å². The Labute approximate surface area is 243 Å². The predicted molar refractivity (Wildman–Crippen MR) is 162 cm³/mol. The number of fused-ring (bicyclic) bond motifs is 1. The highest BCUT2D eigenvalue weighted by Gasteiger charge is 2.23. The molecule has 0 aliphatic carbocycles. The van der Waals surface area contributed by atoms with Crippen LogP contribution in [0.1, 0.15) is 22.3 Å². The van der Waals surface area contributed by atoms with Crippen molar-refractivity contribution < 1.29 is 14.3 Å². The smallest absolute Gasteiger partial charge is 0.332 e. The number of hydrogen-bond acceptors (Lipinski definition) is 6. The molecule has 1 fully saturated rings. The molecule has 2 amide bonds. The van der Waals surface area contributed by atoms with Crippen molar-refractivity contribution in [1.82, 2.24) is 19.4 Å². The molecule has 10 heteroatoms. The van der Waals surface area contributed by atoms with Gasteiger partial charge in [0.1, 0.15) is 6.54 Å². The molecule has 42 heavy (non-hydrogen) atoms. The molecule has 1 aliphatic rings. The van der Waals surface area contributed by atoms with Crippen LogP contribution >= 0.6 is 0 Å². The lowest BCUT2D eigenvalue weighted by Gasteiger charge is -2.36. The number of carbonyl (C=O) groups excluding carboxylic acids is 2. The first kappa shape index (κ1) is 28.8. The van der Waals surface area contributed by atoms with Crippen LogP contribution in [0.4, 0.5) is 5.69 Å². The Balaban J connectivity index is 1.33. The van der Waals surface area contributed by atoms with Gasteiger partial charge in [0.05, 0.1) is 17.4 Å². The zero-order chi connectivity index (χ0) is 29.5. The number of nitrogens with one attached hydrogen (secondary N) is 1. The van der Waals surface area contributed by atoms with E-state index in [1.165, 1.54) is 4.57 Å². The predicted octanol–water partition coefficient (Wildman–Crippen LogP) is 2.33. The first-order chi connectivity index (χ1) is 20.5. The summed E-state index contributed by atoms with van der Waals surface area (Å²) in [6.07, 6.45) is 0.712. The third-order valence-electron chi connectivity index (χ3n) is 7.55. The molecular formula is C32H35N5O5. The summed E-state index contributed by atoms with van der Waals surface area (Å²) in [7, 11) is 1.61. The zero-order valence-corrected chi connectivity index (χ0v) is 23.7. The van der Waals surface area contributed by atoms with Crippen LogP contribution in [0.15, 0.2) is 88.5 Å². The van der Waals surface area contributed by atoms with Gasteiger partial charge in [0, 0.05) is 57.7 Å². The number of rotatable bonds is 10. The van der Waals surface area contributed by atoms with E-state index in [1.54, 1.807) is 60.5 Å². The SMILES string of the molecule is COCCCNC(=O)c1ccc(Cn2c(=O)c3ccccc3n(CC(=O)N3CCN(c4ccccc4)CC3)c2=O)cc1. The Morgan fingerprint density at radius 2 is 1.52 bits per heavy atom. The van der Waals surface area contributed by atoms with E-state index in [4.69, 9.17) is 4.74 Å². The van der Waals surface area contributed by atoms with E-state index >= 15 is 0 Å². The Bertz CT molecular complexity index is 1660. The number of anilines is 1. The number of benzene rings is 3. The maximum atomic E-state index is 13.7. The molecule has 1 N–H and O–H groups in total. The van der Waals surface area contributed by atoms with Gasteiger partial charge in [-0.2, -0.15) is 0 Å². The average molecular weight is 570 g/mol. The fourth-order valence-electron chi connectivity index (χ4n) is 5.22. The van der Waals surface area contributed by atoms with Gasteiger partial charge in [-0.15, -0.1) is 0 Å². The molecule has 1 aromatic heterocycles. The van der Waals surface area contributed by atoms with Crippen LogP contribution in [0.2, 0.25) is 0 Å². The highest BCUT2D eigenvalue weighted by molar-refractivity contribution is 5.94. The summed E-state index contributed by atoms with van der Waals surface area (Å²) in [5.74, 6) is -0.368. The number of para-hydroxylation sites is 2. The summed E-state index contributed by atoms with van der Waals surface area (Å²) in [6.45, 7) is 3.42. The average Bonchev–Trinajstić information content (AvgIpc) is 3.04. The Morgan fingerprint density at radius 3 is 2.24 bits per heavy atom. The number of carbonyl (C=O) groups is 2. The summed E-state index contributed by atoms with van der Waals surface area (Å²) in [5, 5.41) is 3.21. The van der Waals surface area contributed by atoms with E-state index in [0.29, 0.717) is 67.8 Å². The largest absolute Gasteiger partial charge is 0.385 e. The van der Waals surface area contributed by atoms with E-state index < -0.39 is 11.2 Å². The van der Waals surface area contributed by atoms with Gasteiger partial charge in [-0.1, -0.05) is 42.5 Å². The van der Waals surface area contributed by atoms with Crippen LogP contribution in [0, 0.1) is 0 Å². The van der Waals surface area contributed by atoms with Crippen molar-refractivity contribution in [3.63, 3.8) is 0 Å². The summed E-state index contributed by atoms with van der Waals surface area (Å²) < 4.78 is 7.55. The van der Waals surface area contributed by atoms with E-state index in [2.05, 4.69) is 22.3 Å². The number of piperazine rings is 1. The fourth-order valence-corrected chi connectivity index (χ4v) is 5.22. The van der Waals surface area contributed by atoms with Gasteiger partial charge in [-0.3, -0.25) is 23.5 Å². The molecule has 3 aromatic carbocycles. The normalized spacial score (nSPS) is 13.4. The van der Waals surface area contributed by atoms with Crippen LogP contribution in [0.3, 0.4) is 0 Å². The molecule has 1 aliphatic heterocycles. The van der Waals surface area contributed by atoms with Crippen molar-refractivity contribution in [2.24, 2.45) is 0 Å². The van der Waals surface area contributed by atoms with E-state index in [-0.39, 0.29) is 24.9 Å². The molecule has 10 nitrogen and oxygen atoms in total. The van der Waals surface area contributed by atoms with Crippen molar-refractivity contribution in [2.45, 2.75) is 19.5 Å². The molecule has 0 radical (unpaired) electrons. The van der Waals surface area contributed by atoms with Crippen molar-refractivity contribution >= 4 is 28.4 Å². The van der Waals surface area contributed by atoms with Crippen LogP contribution in [0.5, 0.6) is 0 Å². The fraction of sp³-hybridized carbons (Fsp3) is 0.312. The lowest BCUT2D eigenvalue weighted by atomic mass is 10.1. The van der Waals surface area contributed by atoms with E-state index in [9.17, 15) is 19.2 Å². The second kappa shape index (κ2) is 13.3. The monoisotopic (exact) mass is 569 g/mol. The molecule has 0 bridgehead atoms. The molecule has 218 valence electrons. The third-order valence-corrected chi connectivity index (χ3v) is 7.55. The lowest BCUT2D eigenvalue weighted by Crippen LogP contribution is -2.50. The summed E-state index contributed by atoms with van der Waals surface area (Å²) >= 11 is 0. The van der Waals surface area contributed by atoms with Gasteiger partial charge in [0.15, 0.2) is 0 Å². The quantitative estimate of drug-likeness (QED) is 0.294. The highest BCUT2D eigenvalue weighted by atomic mass is 16.5. The van der Waals surface area contributed by atoms with Gasteiger partial charge in [-0.05, 0) is 48.4 Å². The maximum Gasteiger partial charge on any atom is 0.332 e. The molecule has 0 atom stereocenters. The lowest BCUT2D eigenvalue weighted by molar-refractivity contribution is -0.132.